The molecule has 0 amide bonds. The SMILES string of the molecule is O=C([O-])c1ccccc1OCc1ccccc1Br. The highest BCUT2D eigenvalue weighted by Gasteiger charge is 2.05. The lowest BCUT2D eigenvalue weighted by atomic mass is 10.2. The molecule has 0 saturated heterocycles. The van der Waals surface area contributed by atoms with Gasteiger partial charge in [0.2, 0.25) is 0 Å². The van der Waals surface area contributed by atoms with Crippen molar-refractivity contribution in [2.75, 3.05) is 0 Å². The summed E-state index contributed by atoms with van der Waals surface area (Å²) >= 11 is 3.41. The summed E-state index contributed by atoms with van der Waals surface area (Å²) in [6, 6.07) is 14.1. The van der Waals surface area contributed by atoms with Crippen LogP contribution in [0.3, 0.4) is 0 Å². The van der Waals surface area contributed by atoms with E-state index in [2.05, 4.69) is 15.9 Å². The van der Waals surface area contributed by atoms with Gasteiger partial charge in [-0.05, 0) is 18.2 Å². The topological polar surface area (TPSA) is 49.4 Å². The molecule has 0 aliphatic carbocycles. The molecular weight excluding hydrogens is 296 g/mol. The number of carboxylic acid groups (broad SMARTS) is 1. The third kappa shape index (κ3) is 2.90. The Hall–Kier alpha value is -1.81. The van der Waals surface area contributed by atoms with Crippen LogP contribution in [0.1, 0.15) is 15.9 Å². The molecule has 0 N–H and O–H groups in total. The smallest absolute Gasteiger partial charge is 0.128 e. The molecule has 0 unspecified atom stereocenters. The first-order valence-corrected chi connectivity index (χ1v) is 6.14. The van der Waals surface area contributed by atoms with Crippen LogP contribution in [0.15, 0.2) is 53.0 Å². The fraction of sp³-hybridized carbons (Fsp3) is 0.0714. The van der Waals surface area contributed by atoms with Gasteiger partial charge in [0.05, 0.1) is 5.97 Å². The number of hydrogen-bond donors (Lipinski definition) is 0. The molecule has 0 aromatic heterocycles. The van der Waals surface area contributed by atoms with Crippen molar-refractivity contribution in [3.05, 3.63) is 64.1 Å². The summed E-state index contributed by atoms with van der Waals surface area (Å²) < 4.78 is 6.44. The van der Waals surface area contributed by atoms with Crippen LogP contribution in [0.4, 0.5) is 0 Å². The first-order chi connectivity index (χ1) is 8.68. The quantitative estimate of drug-likeness (QED) is 0.871. The average molecular weight is 306 g/mol. The Morgan fingerprint density at radius 3 is 2.50 bits per heavy atom. The Bertz CT molecular complexity index is 566. The minimum Gasteiger partial charge on any atom is -0.545 e. The normalized spacial score (nSPS) is 10.1. The molecule has 0 atom stereocenters. The first kappa shape index (κ1) is 12.6. The van der Waals surface area contributed by atoms with E-state index in [-0.39, 0.29) is 5.56 Å². The van der Waals surface area contributed by atoms with Crippen molar-refractivity contribution in [1.82, 2.24) is 0 Å². The number of benzene rings is 2. The molecule has 18 heavy (non-hydrogen) atoms. The Kier molecular flexibility index (Phi) is 3.99. The summed E-state index contributed by atoms with van der Waals surface area (Å²) in [6.07, 6.45) is 0. The van der Waals surface area contributed by atoms with E-state index in [0.29, 0.717) is 12.4 Å². The van der Waals surface area contributed by atoms with Gasteiger partial charge in [0.25, 0.3) is 0 Å². The fourth-order valence-corrected chi connectivity index (χ4v) is 1.93. The molecule has 0 saturated carbocycles. The lowest BCUT2D eigenvalue weighted by Crippen LogP contribution is -2.23. The lowest BCUT2D eigenvalue weighted by molar-refractivity contribution is -0.255. The van der Waals surface area contributed by atoms with Crippen molar-refractivity contribution >= 4 is 21.9 Å². The molecule has 0 bridgehead atoms. The van der Waals surface area contributed by atoms with E-state index in [1.54, 1.807) is 18.2 Å². The van der Waals surface area contributed by atoms with E-state index in [1.807, 2.05) is 24.3 Å². The number of ether oxygens (including phenoxy) is 1. The number of carbonyl (C=O) groups is 1. The number of halogens is 1. The van der Waals surface area contributed by atoms with Crippen molar-refractivity contribution < 1.29 is 14.6 Å². The highest BCUT2D eigenvalue weighted by atomic mass is 79.9. The highest BCUT2D eigenvalue weighted by Crippen LogP contribution is 2.21. The monoisotopic (exact) mass is 305 g/mol. The predicted molar refractivity (Wildman–Crippen MR) is 69.2 cm³/mol. The summed E-state index contributed by atoms with van der Waals surface area (Å²) in [4.78, 5) is 10.9. The Labute approximate surface area is 113 Å². The Morgan fingerprint density at radius 1 is 1.11 bits per heavy atom. The standard InChI is InChI=1S/C14H11BrO3/c15-12-7-3-1-5-10(12)9-18-13-8-4-2-6-11(13)14(16)17/h1-8H,9H2,(H,16,17)/p-1. The molecule has 0 spiro atoms. The van der Waals surface area contributed by atoms with Crippen LogP contribution in [0.2, 0.25) is 0 Å². The zero-order valence-corrected chi connectivity index (χ0v) is 11.0. The molecule has 4 heteroatoms. The van der Waals surface area contributed by atoms with E-state index in [0.717, 1.165) is 10.0 Å². The molecule has 0 heterocycles. The van der Waals surface area contributed by atoms with Crippen molar-refractivity contribution in [1.29, 1.82) is 0 Å². The number of rotatable bonds is 4. The zero-order valence-electron chi connectivity index (χ0n) is 9.43. The molecule has 0 radical (unpaired) electrons. The van der Waals surface area contributed by atoms with Crippen molar-refractivity contribution in [3.8, 4) is 5.75 Å². The summed E-state index contributed by atoms with van der Waals surface area (Å²) in [5.74, 6) is -0.925. The van der Waals surface area contributed by atoms with Gasteiger partial charge in [0.15, 0.2) is 0 Å². The number of para-hydroxylation sites is 1. The van der Waals surface area contributed by atoms with E-state index in [1.165, 1.54) is 6.07 Å². The first-order valence-electron chi connectivity index (χ1n) is 5.35. The minimum atomic E-state index is -1.24. The van der Waals surface area contributed by atoms with Crippen molar-refractivity contribution in [2.24, 2.45) is 0 Å². The van der Waals surface area contributed by atoms with Gasteiger partial charge >= 0.3 is 0 Å². The van der Waals surface area contributed by atoms with E-state index >= 15 is 0 Å². The van der Waals surface area contributed by atoms with Crippen LogP contribution < -0.4 is 9.84 Å². The molecule has 3 nitrogen and oxygen atoms in total. The largest absolute Gasteiger partial charge is 0.545 e. The second-order valence-corrected chi connectivity index (χ2v) is 4.52. The predicted octanol–water partition coefficient (Wildman–Crippen LogP) is 2.39. The number of carbonyl (C=O) groups excluding carboxylic acids is 1. The van der Waals surface area contributed by atoms with Crippen LogP contribution >= 0.6 is 15.9 Å². The second kappa shape index (κ2) is 5.69. The second-order valence-electron chi connectivity index (χ2n) is 3.66. The van der Waals surface area contributed by atoms with Crippen molar-refractivity contribution in [2.45, 2.75) is 6.61 Å². The molecular formula is C14H10BrO3-. The molecule has 0 fully saturated rings. The summed E-state index contributed by atoms with van der Waals surface area (Å²) in [6.45, 7) is 0.297. The van der Waals surface area contributed by atoms with Crippen LogP contribution in [-0.2, 0) is 6.61 Å². The fourth-order valence-electron chi connectivity index (χ4n) is 1.53. The number of carboxylic acids is 1. The van der Waals surface area contributed by atoms with Gasteiger partial charge in [-0.15, -0.1) is 0 Å². The maximum atomic E-state index is 10.9. The lowest BCUT2D eigenvalue weighted by Gasteiger charge is -2.12. The van der Waals surface area contributed by atoms with E-state index in [4.69, 9.17) is 4.74 Å². The van der Waals surface area contributed by atoms with Gasteiger partial charge in [-0.1, -0.05) is 46.3 Å². The number of aromatic carboxylic acids is 1. The van der Waals surface area contributed by atoms with Gasteiger partial charge in [0.1, 0.15) is 12.4 Å². The number of hydrogen-bond acceptors (Lipinski definition) is 3. The van der Waals surface area contributed by atoms with E-state index < -0.39 is 5.97 Å². The van der Waals surface area contributed by atoms with Gasteiger partial charge in [-0.25, -0.2) is 0 Å². The van der Waals surface area contributed by atoms with Gasteiger partial charge in [-0.3, -0.25) is 0 Å². The van der Waals surface area contributed by atoms with Crippen LogP contribution in [0, 0.1) is 0 Å². The van der Waals surface area contributed by atoms with E-state index in [9.17, 15) is 9.90 Å². The van der Waals surface area contributed by atoms with Crippen LogP contribution in [0.25, 0.3) is 0 Å². The Morgan fingerprint density at radius 2 is 1.78 bits per heavy atom. The van der Waals surface area contributed by atoms with Gasteiger partial charge < -0.3 is 14.6 Å². The molecule has 2 aromatic rings. The van der Waals surface area contributed by atoms with Crippen molar-refractivity contribution in [3.63, 3.8) is 0 Å². The summed E-state index contributed by atoms with van der Waals surface area (Å²) in [7, 11) is 0. The van der Waals surface area contributed by atoms with Crippen LogP contribution in [0.5, 0.6) is 5.75 Å². The summed E-state index contributed by atoms with van der Waals surface area (Å²) in [5.41, 5.74) is 1.01. The zero-order chi connectivity index (χ0) is 13.0. The molecule has 92 valence electrons. The summed E-state index contributed by atoms with van der Waals surface area (Å²) in [5, 5.41) is 10.9. The van der Waals surface area contributed by atoms with Crippen LogP contribution in [-0.4, -0.2) is 5.97 Å². The molecule has 2 aromatic carbocycles. The highest BCUT2D eigenvalue weighted by molar-refractivity contribution is 9.10. The third-order valence-electron chi connectivity index (χ3n) is 2.45. The molecule has 0 aliphatic rings. The Balaban J connectivity index is 2.16. The third-order valence-corrected chi connectivity index (χ3v) is 3.22. The van der Waals surface area contributed by atoms with Gasteiger partial charge in [-0.2, -0.15) is 0 Å². The maximum absolute atomic E-state index is 10.9. The maximum Gasteiger partial charge on any atom is 0.128 e. The minimum absolute atomic E-state index is 0.0598. The molecule has 0 aliphatic heterocycles. The average Bonchev–Trinajstić information content (AvgIpc) is 2.38. The van der Waals surface area contributed by atoms with Gasteiger partial charge in [0, 0.05) is 15.6 Å². The molecule has 2 rings (SSSR count).